The van der Waals surface area contributed by atoms with E-state index in [9.17, 15) is 4.79 Å². The molecule has 3 nitrogen and oxygen atoms in total. The lowest BCUT2D eigenvalue weighted by Crippen LogP contribution is -2.36. The van der Waals surface area contributed by atoms with Gasteiger partial charge in [0.2, 0.25) is 0 Å². The Labute approximate surface area is 59.5 Å². The Kier molecular flexibility index (Phi) is 2.06. The van der Waals surface area contributed by atoms with Gasteiger partial charge in [-0.3, -0.25) is 4.79 Å². The summed E-state index contributed by atoms with van der Waals surface area (Å²) in [5.74, 6) is -0.772. The van der Waals surface area contributed by atoms with Crippen LogP contribution in [0.3, 0.4) is 0 Å². The maximum Gasteiger partial charge on any atom is 0.320 e. The molecule has 0 fully saturated rings. The molecule has 0 aliphatic heterocycles. The van der Waals surface area contributed by atoms with E-state index in [1.807, 2.05) is 12.2 Å². The number of hydrogen-bond donors (Lipinski definition) is 2. The molecule has 3 N–H and O–H groups in total. The summed E-state index contributed by atoms with van der Waals surface area (Å²) in [6.45, 7) is 0. The molecule has 0 amide bonds. The van der Waals surface area contributed by atoms with Crippen LogP contribution in [0.2, 0.25) is 0 Å². The summed E-state index contributed by atoms with van der Waals surface area (Å²) in [6.07, 6.45) is 5.59. The highest BCUT2D eigenvalue weighted by molar-refractivity contribution is 5.73. The van der Waals surface area contributed by atoms with Crippen LogP contribution in [0, 0.1) is 5.92 Å². The van der Waals surface area contributed by atoms with Crippen LogP contribution < -0.4 is 5.73 Å². The lowest BCUT2D eigenvalue weighted by molar-refractivity contribution is -0.139. The number of hydrogen-bond acceptors (Lipinski definition) is 2. The average molecular weight is 141 g/mol. The highest BCUT2D eigenvalue weighted by atomic mass is 16.4. The number of rotatable bonds is 2. The summed E-state index contributed by atoms with van der Waals surface area (Å²) < 4.78 is 0. The second-order valence-corrected chi connectivity index (χ2v) is 2.57. The van der Waals surface area contributed by atoms with Crippen molar-refractivity contribution in [2.75, 3.05) is 0 Å². The van der Waals surface area contributed by atoms with Crippen molar-refractivity contribution in [2.45, 2.75) is 18.9 Å². The smallest absolute Gasteiger partial charge is 0.320 e. The SMILES string of the molecule is NC(C(=O)O)C1CC=CC1. The molecule has 10 heavy (non-hydrogen) atoms. The van der Waals surface area contributed by atoms with Gasteiger partial charge in [0.1, 0.15) is 6.04 Å². The van der Waals surface area contributed by atoms with Crippen LogP contribution in [0.25, 0.3) is 0 Å². The Balaban J connectivity index is 2.42. The average Bonchev–Trinajstić information content (AvgIpc) is 2.36. The fourth-order valence-corrected chi connectivity index (χ4v) is 1.13. The molecule has 0 saturated heterocycles. The molecule has 3 heteroatoms. The van der Waals surface area contributed by atoms with Gasteiger partial charge in [-0.15, -0.1) is 0 Å². The molecule has 1 aliphatic rings. The number of carbonyl (C=O) groups is 1. The Morgan fingerprint density at radius 3 is 2.50 bits per heavy atom. The highest BCUT2D eigenvalue weighted by Crippen LogP contribution is 2.20. The van der Waals surface area contributed by atoms with E-state index < -0.39 is 12.0 Å². The second kappa shape index (κ2) is 2.84. The maximum atomic E-state index is 10.3. The summed E-state index contributed by atoms with van der Waals surface area (Å²) >= 11 is 0. The van der Waals surface area contributed by atoms with Crippen molar-refractivity contribution < 1.29 is 9.90 Å². The zero-order chi connectivity index (χ0) is 7.56. The van der Waals surface area contributed by atoms with Crippen LogP contribution in [0.4, 0.5) is 0 Å². The van der Waals surface area contributed by atoms with Gasteiger partial charge in [-0.1, -0.05) is 12.2 Å². The molecule has 1 unspecified atom stereocenters. The third-order valence-electron chi connectivity index (χ3n) is 1.84. The first-order valence-corrected chi connectivity index (χ1v) is 3.35. The summed E-state index contributed by atoms with van der Waals surface area (Å²) in [5, 5.41) is 8.49. The van der Waals surface area contributed by atoms with Crippen molar-refractivity contribution in [3.05, 3.63) is 12.2 Å². The number of carboxylic acid groups (broad SMARTS) is 1. The molecule has 1 rings (SSSR count). The van der Waals surface area contributed by atoms with E-state index in [1.54, 1.807) is 0 Å². The predicted molar refractivity (Wildman–Crippen MR) is 37.5 cm³/mol. The minimum atomic E-state index is -0.895. The fourth-order valence-electron chi connectivity index (χ4n) is 1.13. The molecule has 0 heterocycles. The van der Waals surface area contributed by atoms with Crippen molar-refractivity contribution in [1.29, 1.82) is 0 Å². The van der Waals surface area contributed by atoms with E-state index >= 15 is 0 Å². The first-order valence-electron chi connectivity index (χ1n) is 3.35. The predicted octanol–water partition coefficient (Wildman–Crippen LogP) is 0.364. The van der Waals surface area contributed by atoms with Crippen molar-refractivity contribution in [3.8, 4) is 0 Å². The summed E-state index contributed by atoms with van der Waals surface area (Å²) in [5.41, 5.74) is 5.38. The molecule has 0 aromatic rings. The normalized spacial score (nSPS) is 21.3. The first-order chi connectivity index (χ1) is 4.72. The van der Waals surface area contributed by atoms with Gasteiger partial charge in [-0.2, -0.15) is 0 Å². The molecule has 0 bridgehead atoms. The zero-order valence-corrected chi connectivity index (χ0v) is 5.66. The number of allylic oxidation sites excluding steroid dienone is 2. The Hall–Kier alpha value is -0.830. The van der Waals surface area contributed by atoms with E-state index in [4.69, 9.17) is 10.8 Å². The minimum absolute atomic E-state index is 0.123. The van der Waals surface area contributed by atoms with Gasteiger partial charge in [0.05, 0.1) is 0 Å². The van der Waals surface area contributed by atoms with E-state index in [0.29, 0.717) is 0 Å². The number of carboxylic acids is 1. The van der Waals surface area contributed by atoms with Crippen molar-refractivity contribution >= 4 is 5.97 Å². The standard InChI is InChI=1S/C7H11NO2/c8-6(7(9)10)5-3-1-2-4-5/h1-2,5-6H,3-4,8H2,(H,9,10). The van der Waals surface area contributed by atoms with Crippen LogP contribution in [0.15, 0.2) is 12.2 Å². The second-order valence-electron chi connectivity index (χ2n) is 2.57. The Morgan fingerprint density at radius 1 is 1.60 bits per heavy atom. The van der Waals surface area contributed by atoms with Crippen molar-refractivity contribution in [2.24, 2.45) is 11.7 Å². The van der Waals surface area contributed by atoms with E-state index in [0.717, 1.165) is 12.8 Å². The molecular weight excluding hydrogens is 130 g/mol. The van der Waals surface area contributed by atoms with Crippen LogP contribution in [-0.4, -0.2) is 17.1 Å². The topological polar surface area (TPSA) is 63.3 Å². The lowest BCUT2D eigenvalue weighted by Gasteiger charge is -2.12. The molecule has 0 saturated carbocycles. The summed E-state index contributed by atoms with van der Waals surface area (Å²) in [6, 6.07) is -0.685. The third kappa shape index (κ3) is 1.36. The first kappa shape index (κ1) is 7.28. The van der Waals surface area contributed by atoms with Gasteiger partial charge in [-0.25, -0.2) is 0 Å². The molecular formula is C7H11NO2. The van der Waals surface area contributed by atoms with Gasteiger partial charge in [-0.05, 0) is 18.8 Å². The molecule has 1 aliphatic carbocycles. The molecule has 0 spiro atoms. The highest BCUT2D eigenvalue weighted by Gasteiger charge is 2.23. The van der Waals surface area contributed by atoms with Gasteiger partial charge in [0.25, 0.3) is 0 Å². The number of aliphatic carboxylic acids is 1. The van der Waals surface area contributed by atoms with Gasteiger partial charge < -0.3 is 10.8 Å². The van der Waals surface area contributed by atoms with E-state index in [1.165, 1.54) is 0 Å². The van der Waals surface area contributed by atoms with Crippen molar-refractivity contribution in [3.63, 3.8) is 0 Å². The van der Waals surface area contributed by atoms with Crippen LogP contribution in [-0.2, 0) is 4.79 Å². The van der Waals surface area contributed by atoms with Gasteiger partial charge in [0.15, 0.2) is 0 Å². The lowest BCUT2D eigenvalue weighted by atomic mass is 9.99. The molecule has 56 valence electrons. The van der Waals surface area contributed by atoms with Crippen LogP contribution in [0.1, 0.15) is 12.8 Å². The van der Waals surface area contributed by atoms with Crippen LogP contribution >= 0.6 is 0 Å². The van der Waals surface area contributed by atoms with Gasteiger partial charge >= 0.3 is 5.97 Å². The summed E-state index contributed by atoms with van der Waals surface area (Å²) in [7, 11) is 0. The fraction of sp³-hybridized carbons (Fsp3) is 0.571. The molecule has 1 atom stereocenters. The molecule has 0 aromatic carbocycles. The monoisotopic (exact) mass is 141 g/mol. The Bertz CT molecular complexity index is 157. The largest absolute Gasteiger partial charge is 0.480 e. The minimum Gasteiger partial charge on any atom is -0.480 e. The third-order valence-corrected chi connectivity index (χ3v) is 1.84. The molecule has 0 aromatic heterocycles. The maximum absolute atomic E-state index is 10.3. The van der Waals surface area contributed by atoms with Gasteiger partial charge in [0, 0.05) is 0 Å². The Morgan fingerprint density at radius 2 is 2.10 bits per heavy atom. The number of nitrogens with two attached hydrogens (primary N) is 1. The summed E-state index contributed by atoms with van der Waals surface area (Å²) in [4.78, 5) is 10.3. The van der Waals surface area contributed by atoms with E-state index in [-0.39, 0.29) is 5.92 Å². The van der Waals surface area contributed by atoms with Crippen molar-refractivity contribution in [1.82, 2.24) is 0 Å². The molecule has 0 radical (unpaired) electrons. The van der Waals surface area contributed by atoms with E-state index in [2.05, 4.69) is 0 Å². The quantitative estimate of drug-likeness (QED) is 0.546. The van der Waals surface area contributed by atoms with Crippen LogP contribution in [0.5, 0.6) is 0 Å². The zero-order valence-electron chi connectivity index (χ0n) is 5.66.